The van der Waals surface area contributed by atoms with Crippen LogP contribution in [0.1, 0.15) is 5.56 Å². The lowest BCUT2D eigenvalue weighted by Gasteiger charge is -2.06. The van der Waals surface area contributed by atoms with Crippen LogP contribution in [0.15, 0.2) is 77.9 Å². The molecule has 0 aliphatic heterocycles. The van der Waals surface area contributed by atoms with Gasteiger partial charge in [0.25, 0.3) is 0 Å². The van der Waals surface area contributed by atoms with E-state index in [1.54, 1.807) is 12.1 Å². The fraction of sp³-hybridized carbons (Fsp3) is 0.0455. The van der Waals surface area contributed by atoms with E-state index in [0.29, 0.717) is 10.0 Å². The van der Waals surface area contributed by atoms with Crippen LogP contribution in [0, 0.1) is 0 Å². The van der Waals surface area contributed by atoms with Crippen molar-refractivity contribution in [3.63, 3.8) is 0 Å². The fourth-order valence-corrected chi connectivity index (χ4v) is 3.53. The summed E-state index contributed by atoms with van der Waals surface area (Å²) in [6.07, 6.45) is 1.85. The van der Waals surface area contributed by atoms with E-state index in [1.807, 2.05) is 42.6 Å². The van der Waals surface area contributed by atoms with Gasteiger partial charge in [0.1, 0.15) is 0 Å². The monoisotopic (exact) mass is 393 g/mol. The largest absolute Gasteiger partial charge is 0.343 e. The number of fused-ring (bicyclic) bond motifs is 1. The van der Waals surface area contributed by atoms with Gasteiger partial charge in [-0.2, -0.15) is 5.10 Å². The number of anilines is 1. The van der Waals surface area contributed by atoms with Gasteiger partial charge in [-0.25, -0.2) is 0 Å². The molecule has 4 aromatic rings. The van der Waals surface area contributed by atoms with E-state index in [-0.39, 0.29) is 0 Å². The number of nitrogens with one attached hydrogen (secondary N) is 1. The zero-order valence-electron chi connectivity index (χ0n) is 14.7. The Hall–Kier alpha value is -2.75. The Morgan fingerprint density at radius 2 is 1.63 bits per heavy atom. The maximum absolute atomic E-state index is 6.07. The number of hydrazone groups is 1. The summed E-state index contributed by atoms with van der Waals surface area (Å²) in [6.45, 7) is 0. The van der Waals surface area contributed by atoms with E-state index >= 15 is 0 Å². The van der Waals surface area contributed by atoms with Gasteiger partial charge < -0.3 is 4.57 Å². The van der Waals surface area contributed by atoms with E-state index in [9.17, 15) is 0 Å². The van der Waals surface area contributed by atoms with Crippen molar-refractivity contribution < 1.29 is 0 Å². The number of para-hydroxylation sites is 1. The Morgan fingerprint density at radius 1 is 0.889 bits per heavy atom. The van der Waals surface area contributed by atoms with Crippen molar-refractivity contribution in [1.82, 2.24) is 4.57 Å². The Kier molecular flexibility index (Phi) is 4.88. The lowest BCUT2D eigenvalue weighted by Crippen LogP contribution is -1.95. The Bertz CT molecular complexity index is 1130. The minimum atomic E-state index is 0.493. The summed E-state index contributed by atoms with van der Waals surface area (Å²) in [5.74, 6) is 0. The number of hydrogen-bond donors (Lipinski definition) is 1. The van der Waals surface area contributed by atoms with Crippen LogP contribution in [0.4, 0.5) is 5.69 Å². The molecule has 0 unspecified atom stereocenters. The van der Waals surface area contributed by atoms with E-state index in [2.05, 4.69) is 46.4 Å². The van der Waals surface area contributed by atoms with Crippen LogP contribution in [0.3, 0.4) is 0 Å². The third-order valence-corrected chi connectivity index (χ3v) is 5.24. The van der Waals surface area contributed by atoms with Crippen molar-refractivity contribution in [2.24, 2.45) is 12.1 Å². The molecule has 5 heteroatoms. The van der Waals surface area contributed by atoms with E-state index < -0.39 is 0 Å². The van der Waals surface area contributed by atoms with Gasteiger partial charge in [0.2, 0.25) is 0 Å². The van der Waals surface area contributed by atoms with Crippen LogP contribution in [-0.4, -0.2) is 10.8 Å². The van der Waals surface area contributed by atoms with Gasteiger partial charge >= 0.3 is 0 Å². The summed E-state index contributed by atoms with van der Waals surface area (Å²) in [7, 11) is 2.08. The molecule has 0 aliphatic rings. The van der Waals surface area contributed by atoms with Gasteiger partial charge in [0.15, 0.2) is 0 Å². The minimum Gasteiger partial charge on any atom is -0.343 e. The van der Waals surface area contributed by atoms with E-state index in [0.717, 1.165) is 33.4 Å². The SMILES string of the molecule is Cn1c(-c2ccccc2)c(/C=N/Nc2ccc(Cl)c(Cl)c2)c2ccccc21. The van der Waals surface area contributed by atoms with Crippen molar-refractivity contribution in [1.29, 1.82) is 0 Å². The summed E-state index contributed by atoms with van der Waals surface area (Å²) >= 11 is 12.0. The standard InChI is InChI=1S/C22H17Cl2N3/c1-27-21-10-6-5-9-17(21)18(22(27)15-7-3-2-4-8-15)14-25-26-16-11-12-19(23)20(24)13-16/h2-14,26H,1H3/b25-14+. The average Bonchev–Trinajstić information content (AvgIpc) is 2.98. The van der Waals surface area contributed by atoms with Crippen molar-refractivity contribution in [2.45, 2.75) is 0 Å². The highest BCUT2D eigenvalue weighted by Gasteiger charge is 2.14. The predicted octanol–water partition coefficient (Wildman–Crippen LogP) is 6.60. The topological polar surface area (TPSA) is 29.3 Å². The number of aromatic nitrogens is 1. The smallest absolute Gasteiger partial charge is 0.0613 e. The molecule has 0 spiro atoms. The van der Waals surface area contributed by atoms with Gasteiger partial charge in [-0.15, -0.1) is 0 Å². The molecule has 27 heavy (non-hydrogen) atoms. The fourth-order valence-electron chi connectivity index (χ4n) is 3.24. The van der Waals surface area contributed by atoms with E-state index in [4.69, 9.17) is 23.2 Å². The van der Waals surface area contributed by atoms with Gasteiger partial charge in [0, 0.05) is 23.5 Å². The predicted molar refractivity (Wildman–Crippen MR) is 116 cm³/mol. The summed E-state index contributed by atoms with van der Waals surface area (Å²) < 4.78 is 2.20. The second-order valence-corrected chi connectivity index (χ2v) is 7.02. The number of hydrogen-bond acceptors (Lipinski definition) is 2. The highest BCUT2D eigenvalue weighted by atomic mass is 35.5. The zero-order chi connectivity index (χ0) is 18.8. The molecule has 0 aliphatic carbocycles. The van der Waals surface area contributed by atoms with Crippen LogP contribution >= 0.6 is 23.2 Å². The Labute approximate surface area is 167 Å². The molecule has 0 fully saturated rings. The highest BCUT2D eigenvalue weighted by molar-refractivity contribution is 6.42. The lowest BCUT2D eigenvalue weighted by atomic mass is 10.1. The zero-order valence-corrected chi connectivity index (χ0v) is 16.2. The van der Waals surface area contributed by atoms with Gasteiger partial charge in [0.05, 0.1) is 27.6 Å². The van der Waals surface area contributed by atoms with Crippen LogP contribution in [0.5, 0.6) is 0 Å². The minimum absolute atomic E-state index is 0.493. The lowest BCUT2D eigenvalue weighted by molar-refractivity contribution is 0.977. The van der Waals surface area contributed by atoms with Gasteiger partial charge in [-0.05, 0) is 29.8 Å². The summed E-state index contributed by atoms with van der Waals surface area (Å²) in [5, 5.41) is 6.61. The number of benzene rings is 3. The van der Waals surface area contributed by atoms with Gasteiger partial charge in [-0.3, -0.25) is 5.43 Å². The first-order valence-electron chi connectivity index (χ1n) is 8.52. The number of aryl methyl sites for hydroxylation is 1. The van der Waals surface area contributed by atoms with Crippen molar-refractivity contribution >= 4 is 46.0 Å². The second-order valence-electron chi connectivity index (χ2n) is 6.20. The molecule has 0 radical (unpaired) electrons. The molecule has 0 bridgehead atoms. The first-order valence-corrected chi connectivity index (χ1v) is 9.27. The molecule has 1 heterocycles. The summed E-state index contributed by atoms with van der Waals surface area (Å²) in [6, 6.07) is 24.0. The van der Waals surface area contributed by atoms with Crippen LogP contribution in [0.25, 0.3) is 22.2 Å². The third kappa shape index (κ3) is 3.44. The maximum Gasteiger partial charge on any atom is 0.0613 e. The van der Waals surface area contributed by atoms with Crippen LogP contribution < -0.4 is 5.43 Å². The first-order chi connectivity index (χ1) is 13.1. The molecule has 3 aromatic carbocycles. The third-order valence-electron chi connectivity index (χ3n) is 4.50. The molecule has 0 amide bonds. The molecular weight excluding hydrogens is 377 g/mol. The van der Waals surface area contributed by atoms with E-state index in [1.165, 1.54) is 0 Å². The normalized spacial score (nSPS) is 11.4. The van der Waals surface area contributed by atoms with Crippen molar-refractivity contribution in [3.8, 4) is 11.3 Å². The van der Waals surface area contributed by atoms with Crippen molar-refractivity contribution in [2.75, 3.05) is 5.43 Å². The molecule has 0 saturated heterocycles. The first kappa shape index (κ1) is 17.7. The number of nitrogens with zero attached hydrogens (tertiary/aromatic N) is 2. The number of halogens is 2. The van der Waals surface area contributed by atoms with Crippen molar-refractivity contribution in [3.05, 3.63) is 88.4 Å². The molecule has 1 N–H and O–H groups in total. The Balaban J connectivity index is 1.77. The molecule has 3 nitrogen and oxygen atoms in total. The molecule has 0 atom stereocenters. The van der Waals surface area contributed by atoms with Crippen LogP contribution in [-0.2, 0) is 7.05 Å². The summed E-state index contributed by atoms with van der Waals surface area (Å²) in [5.41, 5.74) is 8.30. The molecule has 134 valence electrons. The quantitative estimate of drug-likeness (QED) is 0.307. The van der Waals surface area contributed by atoms with Gasteiger partial charge in [-0.1, -0.05) is 71.7 Å². The number of rotatable bonds is 4. The second kappa shape index (κ2) is 7.47. The highest BCUT2D eigenvalue weighted by Crippen LogP contribution is 2.32. The average molecular weight is 394 g/mol. The van der Waals surface area contributed by atoms with Crippen LogP contribution in [0.2, 0.25) is 10.0 Å². The summed E-state index contributed by atoms with van der Waals surface area (Å²) in [4.78, 5) is 0. The molecule has 4 rings (SSSR count). The maximum atomic E-state index is 6.07. The molecule has 1 aromatic heterocycles. The molecule has 0 saturated carbocycles. The Morgan fingerprint density at radius 3 is 2.41 bits per heavy atom. The molecular formula is C22H17Cl2N3.